The van der Waals surface area contributed by atoms with Crippen LogP contribution in [-0.2, 0) is 27.7 Å². The van der Waals surface area contributed by atoms with E-state index in [1.165, 1.54) is 38.5 Å². The van der Waals surface area contributed by atoms with E-state index in [0.717, 1.165) is 44.1 Å². The van der Waals surface area contributed by atoms with Crippen LogP contribution >= 0.6 is 23.1 Å². The second kappa shape index (κ2) is 9.69. The molecule has 164 valence electrons. The van der Waals surface area contributed by atoms with Crippen molar-refractivity contribution in [3.63, 3.8) is 0 Å². The lowest BCUT2D eigenvalue weighted by molar-refractivity contribution is -0.115. The van der Waals surface area contributed by atoms with Crippen molar-refractivity contribution in [2.75, 3.05) is 24.2 Å². The highest BCUT2D eigenvalue weighted by molar-refractivity contribution is 7.99. The van der Waals surface area contributed by atoms with E-state index < -0.39 is 10.0 Å². The van der Waals surface area contributed by atoms with Crippen molar-refractivity contribution in [1.82, 2.24) is 9.29 Å². The smallest absolute Gasteiger partial charge is 0.244 e. The number of pyridine rings is 1. The van der Waals surface area contributed by atoms with Gasteiger partial charge in [-0.05, 0) is 56.2 Å². The standard InChI is InChI=1S/C21H24N4O3S3/c22-13-17-16-5-1-2-6-18(16)30-21(17)24-19(26)9-12-29-20-8-7-15(14-23-20)31(27,28)25-10-3-4-11-25/h7-8,14H,1-6,9-12H2,(H,24,26). The Morgan fingerprint density at radius 1 is 1.23 bits per heavy atom. The predicted octanol–water partition coefficient (Wildman–Crippen LogP) is 3.80. The number of nitrogens with one attached hydrogen (secondary N) is 1. The number of anilines is 1. The number of fused-ring (bicyclic) bond motifs is 1. The average Bonchev–Trinajstić information content (AvgIpc) is 3.42. The molecular weight excluding hydrogens is 452 g/mol. The molecule has 1 N–H and O–H groups in total. The number of aryl methyl sites for hydroxylation is 1. The zero-order valence-electron chi connectivity index (χ0n) is 17.1. The predicted molar refractivity (Wildman–Crippen MR) is 122 cm³/mol. The van der Waals surface area contributed by atoms with Crippen LogP contribution in [-0.4, -0.2) is 42.5 Å². The number of nitriles is 1. The quantitative estimate of drug-likeness (QED) is 0.610. The molecule has 2 aromatic rings. The third-order valence-electron chi connectivity index (χ3n) is 5.53. The molecule has 1 aliphatic carbocycles. The van der Waals surface area contributed by atoms with Crippen molar-refractivity contribution < 1.29 is 13.2 Å². The minimum absolute atomic E-state index is 0.129. The summed E-state index contributed by atoms with van der Waals surface area (Å²) in [6, 6.07) is 5.53. The van der Waals surface area contributed by atoms with Gasteiger partial charge in [-0.25, -0.2) is 13.4 Å². The molecule has 4 rings (SSSR count). The second-order valence-electron chi connectivity index (χ2n) is 7.62. The topological polar surface area (TPSA) is 103 Å². The second-order valence-corrected chi connectivity index (χ2v) is 11.8. The average molecular weight is 477 g/mol. The van der Waals surface area contributed by atoms with Crippen molar-refractivity contribution in [1.29, 1.82) is 5.26 Å². The molecule has 0 bridgehead atoms. The van der Waals surface area contributed by atoms with Gasteiger partial charge in [-0.15, -0.1) is 23.1 Å². The van der Waals surface area contributed by atoms with Crippen molar-refractivity contribution in [2.24, 2.45) is 0 Å². The van der Waals surface area contributed by atoms with Gasteiger partial charge in [0, 0.05) is 36.3 Å². The maximum absolute atomic E-state index is 12.6. The molecule has 2 aromatic heterocycles. The van der Waals surface area contributed by atoms with Gasteiger partial charge in [-0.2, -0.15) is 9.57 Å². The molecule has 3 heterocycles. The van der Waals surface area contributed by atoms with Crippen molar-refractivity contribution in [3.05, 3.63) is 34.3 Å². The maximum atomic E-state index is 12.6. The third kappa shape index (κ3) is 4.95. The van der Waals surface area contributed by atoms with E-state index in [4.69, 9.17) is 0 Å². The Balaban J connectivity index is 1.30. The summed E-state index contributed by atoms with van der Waals surface area (Å²) in [6.07, 6.45) is 7.59. The molecule has 0 spiro atoms. The first-order valence-electron chi connectivity index (χ1n) is 10.4. The number of sulfonamides is 1. The molecule has 0 unspecified atom stereocenters. The number of nitrogens with zero attached hydrogens (tertiary/aromatic N) is 3. The van der Waals surface area contributed by atoms with E-state index in [1.54, 1.807) is 12.1 Å². The third-order valence-corrected chi connectivity index (χ3v) is 9.56. The molecule has 0 radical (unpaired) electrons. The fraction of sp³-hybridized carbons (Fsp3) is 0.476. The fourth-order valence-electron chi connectivity index (χ4n) is 3.89. The minimum atomic E-state index is -3.46. The summed E-state index contributed by atoms with van der Waals surface area (Å²) in [6.45, 7) is 1.13. The summed E-state index contributed by atoms with van der Waals surface area (Å²) in [5.74, 6) is 0.389. The molecule has 0 saturated carbocycles. The number of hydrogen-bond acceptors (Lipinski definition) is 7. The first-order valence-corrected chi connectivity index (χ1v) is 13.7. The first-order chi connectivity index (χ1) is 15.0. The van der Waals surface area contributed by atoms with Crippen LogP contribution in [0.15, 0.2) is 28.3 Å². The number of thioether (sulfide) groups is 1. The van der Waals surface area contributed by atoms with E-state index in [9.17, 15) is 18.5 Å². The zero-order chi connectivity index (χ0) is 21.8. The van der Waals surface area contributed by atoms with Crippen LogP contribution in [0.25, 0.3) is 0 Å². The SMILES string of the molecule is N#Cc1c(NC(=O)CCSc2ccc(S(=O)(=O)N3CCCC3)cn2)sc2c1CCCC2. The molecular formula is C21H24N4O3S3. The molecule has 2 aliphatic rings. The van der Waals surface area contributed by atoms with Gasteiger partial charge in [-0.3, -0.25) is 4.79 Å². The van der Waals surface area contributed by atoms with Gasteiger partial charge in [0.25, 0.3) is 0 Å². The molecule has 1 saturated heterocycles. The van der Waals surface area contributed by atoms with Crippen LogP contribution in [0.4, 0.5) is 5.00 Å². The summed E-state index contributed by atoms with van der Waals surface area (Å²) < 4.78 is 26.6. The summed E-state index contributed by atoms with van der Waals surface area (Å²) in [5, 5.41) is 13.7. The van der Waals surface area contributed by atoms with E-state index >= 15 is 0 Å². The number of carbonyl (C=O) groups excluding carboxylic acids is 1. The summed E-state index contributed by atoms with van der Waals surface area (Å²) >= 11 is 2.93. The Bertz CT molecular complexity index is 1100. The monoisotopic (exact) mass is 476 g/mol. The number of thiophene rings is 1. The summed E-state index contributed by atoms with van der Waals surface area (Å²) in [5.41, 5.74) is 1.73. The lowest BCUT2D eigenvalue weighted by Gasteiger charge is -2.15. The Labute approximate surface area is 190 Å². The van der Waals surface area contributed by atoms with Crippen molar-refractivity contribution >= 4 is 44.0 Å². The Morgan fingerprint density at radius 2 is 2.00 bits per heavy atom. The molecule has 1 fully saturated rings. The van der Waals surface area contributed by atoms with E-state index in [1.807, 2.05) is 0 Å². The van der Waals surface area contributed by atoms with E-state index in [0.29, 0.717) is 34.4 Å². The molecule has 10 heteroatoms. The number of aromatic nitrogens is 1. The number of amides is 1. The first kappa shape index (κ1) is 22.3. The summed E-state index contributed by atoms with van der Waals surface area (Å²) in [4.78, 5) is 18.1. The molecule has 1 amide bonds. The molecule has 31 heavy (non-hydrogen) atoms. The minimum Gasteiger partial charge on any atom is -0.317 e. The van der Waals surface area contributed by atoms with Crippen LogP contribution in [0.3, 0.4) is 0 Å². The van der Waals surface area contributed by atoms with Gasteiger partial charge in [0.05, 0.1) is 10.6 Å². The van der Waals surface area contributed by atoms with Gasteiger partial charge < -0.3 is 5.32 Å². The van der Waals surface area contributed by atoms with Crippen LogP contribution < -0.4 is 5.32 Å². The largest absolute Gasteiger partial charge is 0.317 e. The van der Waals surface area contributed by atoms with E-state index in [2.05, 4.69) is 16.4 Å². The zero-order valence-corrected chi connectivity index (χ0v) is 19.5. The van der Waals surface area contributed by atoms with Crippen molar-refractivity contribution in [3.8, 4) is 6.07 Å². The van der Waals surface area contributed by atoms with E-state index in [-0.39, 0.29) is 17.2 Å². The Kier molecular flexibility index (Phi) is 6.96. The van der Waals surface area contributed by atoms with Crippen LogP contribution in [0.5, 0.6) is 0 Å². The highest BCUT2D eigenvalue weighted by Crippen LogP contribution is 2.37. The Morgan fingerprint density at radius 3 is 2.71 bits per heavy atom. The van der Waals surface area contributed by atoms with Gasteiger partial charge in [-0.1, -0.05) is 0 Å². The lowest BCUT2D eigenvalue weighted by atomic mass is 9.96. The normalized spacial score (nSPS) is 16.6. The highest BCUT2D eigenvalue weighted by Gasteiger charge is 2.27. The van der Waals surface area contributed by atoms with Crippen LogP contribution in [0.2, 0.25) is 0 Å². The van der Waals surface area contributed by atoms with Gasteiger partial charge >= 0.3 is 0 Å². The number of rotatable bonds is 7. The van der Waals surface area contributed by atoms with Crippen molar-refractivity contribution in [2.45, 2.75) is 54.9 Å². The molecule has 0 atom stereocenters. The van der Waals surface area contributed by atoms with Gasteiger partial charge in [0.2, 0.25) is 15.9 Å². The maximum Gasteiger partial charge on any atom is 0.244 e. The van der Waals surface area contributed by atoms with Crippen LogP contribution in [0.1, 0.15) is 48.1 Å². The van der Waals surface area contributed by atoms with Gasteiger partial charge in [0.1, 0.15) is 16.0 Å². The Hall–Kier alpha value is -1.93. The van der Waals surface area contributed by atoms with Gasteiger partial charge in [0.15, 0.2) is 0 Å². The summed E-state index contributed by atoms with van der Waals surface area (Å²) in [7, 11) is -3.46. The molecule has 7 nitrogen and oxygen atoms in total. The number of hydrogen-bond donors (Lipinski definition) is 1. The lowest BCUT2D eigenvalue weighted by Crippen LogP contribution is -2.27. The molecule has 1 aliphatic heterocycles. The molecule has 0 aromatic carbocycles. The van der Waals surface area contributed by atoms with Crippen LogP contribution in [0, 0.1) is 11.3 Å². The number of carbonyl (C=O) groups is 1. The fourth-order valence-corrected chi connectivity index (χ4v) is 7.40. The highest BCUT2D eigenvalue weighted by atomic mass is 32.2.